The summed E-state index contributed by atoms with van der Waals surface area (Å²) in [5.41, 5.74) is 6.60. The van der Waals surface area contributed by atoms with Crippen molar-refractivity contribution < 1.29 is 14.7 Å². The molecule has 32 heavy (non-hydrogen) atoms. The monoisotopic (exact) mass is 430 g/mol. The number of para-hydroxylation sites is 1. The van der Waals surface area contributed by atoms with Crippen LogP contribution in [0, 0.1) is 6.92 Å². The lowest BCUT2D eigenvalue weighted by Crippen LogP contribution is -2.29. The minimum atomic E-state index is -0.351. The van der Waals surface area contributed by atoms with E-state index in [9.17, 15) is 14.7 Å². The number of carbonyl (C=O) groups is 2. The van der Waals surface area contributed by atoms with Gasteiger partial charge in [0.15, 0.2) is 11.5 Å². The van der Waals surface area contributed by atoms with Crippen molar-refractivity contribution in [2.75, 3.05) is 12.0 Å². The van der Waals surface area contributed by atoms with Gasteiger partial charge in [0.2, 0.25) is 0 Å². The Labute approximate surface area is 187 Å². The van der Waals surface area contributed by atoms with Gasteiger partial charge in [-0.1, -0.05) is 60.7 Å². The Hall–Kier alpha value is -4.00. The van der Waals surface area contributed by atoms with Crippen LogP contribution in [0.5, 0.6) is 5.75 Å². The van der Waals surface area contributed by atoms with Crippen LogP contribution in [-0.2, 0) is 9.59 Å². The highest BCUT2D eigenvalue weighted by Crippen LogP contribution is 2.29. The second-order valence-electron chi connectivity index (χ2n) is 7.45. The number of hydrogen-bond acceptors (Lipinski definition) is 6. The van der Waals surface area contributed by atoms with Crippen LogP contribution in [-0.4, -0.2) is 39.8 Å². The van der Waals surface area contributed by atoms with Gasteiger partial charge >= 0.3 is 0 Å². The number of benzene rings is 2. The number of aromatic hydroxyl groups is 1. The van der Waals surface area contributed by atoms with Crippen LogP contribution in [0.2, 0.25) is 0 Å². The second-order valence-corrected chi connectivity index (χ2v) is 7.45. The van der Waals surface area contributed by atoms with E-state index in [1.165, 1.54) is 16.6 Å². The summed E-state index contributed by atoms with van der Waals surface area (Å²) < 4.78 is 0. The molecule has 0 saturated carbocycles. The van der Waals surface area contributed by atoms with Crippen molar-refractivity contribution in [3.05, 3.63) is 71.8 Å². The molecule has 1 heterocycles. The van der Waals surface area contributed by atoms with Crippen LogP contribution in [0.1, 0.15) is 36.5 Å². The van der Waals surface area contributed by atoms with E-state index in [-0.39, 0.29) is 23.2 Å². The number of carbonyl (C=O) groups excluding carboxylic acids is 2. The molecule has 2 aromatic carbocycles. The summed E-state index contributed by atoms with van der Waals surface area (Å²) in [6, 6.07) is 13.3. The molecule has 0 radical (unpaired) electrons. The highest BCUT2D eigenvalue weighted by atomic mass is 16.3. The van der Waals surface area contributed by atoms with E-state index in [2.05, 4.69) is 22.2 Å². The third kappa shape index (κ3) is 5.57. The molecule has 0 spiro atoms. The quantitative estimate of drug-likeness (QED) is 0.267. The Morgan fingerprint density at radius 2 is 1.94 bits per heavy atom. The molecular weight excluding hydrogens is 404 g/mol. The Balaban J connectivity index is 1.68. The molecule has 0 unspecified atom stereocenters. The number of amides is 1. The molecule has 0 bridgehead atoms. The molecular formula is C25H26N4O3. The normalized spacial score (nSPS) is 14.8. The van der Waals surface area contributed by atoms with E-state index >= 15 is 0 Å². The van der Waals surface area contributed by atoms with Gasteiger partial charge in [-0.3, -0.25) is 15.0 Å². The Bertz CT molecular complexity index is 1110. The molecule has 2 N–H and O–H groups in total. The molecule has 1 amide bonds. The summed E-state index contributed by atoms with van der Waals surface area (Å²) >= 11 is 0. The van der Waals surface area contributed by atoms with Crippen LogP contribution >= 0.6 is 0 Å². The first-order valence-corrected chi connectivity index (χ1v) is 10.3. The number of aryl methyl sites for hydroxylation is 1. The number of ketones is 1. The van der Waals surface area contributed by atoms with E-state index < -0.39 is 0 Å². The van der Waals surface area contributed by atoms with Crippen LogP contribution in [0.4, 0.5) is 5.69 Å². The summed E-state index contributed by atoms with van der Waals surface area (Å²) in [5.74, 6) is -0.393. The van der Waals surface area contributed by atoms with Gasteiger partial charge in [0.1, 0.15) is 5.75 Å². The summed E-state index contributed by atoms with van der Waals surface area (Å²) in [6.07, 6.45) is 5.80. The summed E-state index contributed by atoms with van der Waals surface area (Å²) in [7, 11) is 0. The number of nitrogens with one attached hydrogen (secondary N) is 1. The van der Waals surface area contributed by atoms with Gasteiger partial charge in [0.25, 0.3) is 5.91 Å². The van der Waals surface area contributed by atoms with Gasteiger partial charge < -0.3 is 5.11 Å². The fourth-order valence-electron chi connectivity index (χ4n) is 3.10. The summed E-state index contributed by atoms with van der Waals surface area (Å²) in [5, 5.41) is 20.3. The lowest BCUT2D eigenvalue weighted by Gasteiger charge is -2.10. The zero-order chi connectivity index (χ0) is 23.1. The van der Waals surface area contributed by atoms with Crippen molar-refractivity contribution >= 4 is 41.0 Å². The van der Waals surface area contributed by atoms with E-state index in [0.29, 0.717) is 36.3 Å². The SMILES string of the molecule is C=CC(=O)CCCN1N=C(C)/C(=N/Nc2cccc(/C=C\c3ccc(C)cc3)c2O)C1=O. The third-order valence-electron chi connectivity index (χ3n) is 4.96. The van der Waals surface area contributed by atoms with Crippen LogP contribution in [0.25, 0.3) is 12.2 Å². The number of nitrogens with zero attached hydrogens (tertiary/aromatic N) is 3. The predicted octanol–water partition coefficient (Wildman–Crippen LogP) is 4.39. The summed E-state index contributed by atoms with van der Waals surface area (Å²) in [6.45, 7) is 7.47. The minimum Gasteiger partial charge on any atom is -0.505 e. The van der Waals surface area contributed by atoms with Crippen LogP contribution in [0.3, 0.4) is 0 Å². The zero-order valence-electron chi connectivity index (χ0n) is 18.2. The Morgan fingerprint density at radius 3 is 2.66 bits per heavy atom. The number of allylic oxidation sites excluding steroid dienone is 1. The molecule has 7 nitrogen and oxygen atoms in total. The van der Waals surface area contributed by atoms with Crippen LogP contribution in [0.15, 0.2) is 65.3 Å². The Kier molecular flexibility index (Phi) is 7.33. The number of rotatable bonds is 9. The van der Waals surface area contributed by atoms with E-state index in [0.717, 1.165) is 5.56 Å². The first kappa shape index (κ1) is 22.7. The summed E-state index contributed by atoms with van der Waals surface area (Å²) in [4.78, 5) is 23.9. The Morgan fingerprint density at radius 1 is 1.19 bits per heavy atom. The van der Waals surface area contributed by atoms with Gasteiger partial charge in [-0.2, -0.15) is 10.2 Å². The molecule has 0 aromatic heterocycles. The molecule has 0 saturated heterocycles. The number of hydrogen-bond donors (Lipinski definition) is 2. The van der Waals surface area contributed by atoms with Crippen molar-refractivity contribution in [1.29, 1.82) is 0 Å². The molecule has 3 rings (SSSR count). The highest BCUT2D eigenvalue weighted by Gasteiger charge is 2.29. The average molecular weight is 431 g/mol. The van der Waals surface area contributed by atoms with Crippen molar-refractivity contribution in [3.63, 3.8) is 0 Å². The first-order chi connectivity index (χ1) is 15.4. The van der Waals surface area contributed by atoms with Gasteiger partial charge in [0, 0.05) is 18.5 Å². The smallest absolute Gasteiger partial charge is 0.296 e. The maximum atomic E-state index is 12.6. The van der Waals surface area contributed by atoms with Crippen molar-refractivity contribution in [1.82, 2.24) is 5.01 Å². The first-order valence-electron chi connectivity index (χ1n) is 10.3. The largest absolute Gasteiger partial charge is 0.505 e. The minimum absolute atomic E-state index is 0.0278. The molecule has 1 aliphatic rings. The van der Waals surface area contributed by atoms with Crippen molar-refractivity contribution in [2.45, 2.75) is 26.7 Å². The topological polar surface area (TPSA) is 94.4 Å². The van der Waals surface area contributed by atoms with E-state index in [4.69, 9.17) is 0 Å². The van der Waals surface area contributed by atoms with E-state index in [1.807, 2.05) is 43.3 Å². The number of anilines is 1. The fraction of sp³-hybridized carbons (Fsp3) is 0.200. The van der Waals surface area contributed by atoms with Crippen molar-refractivity contribution in [3.8, 4) is 5.75 Å². The fourth-order valence-corrected chi connectivity index (χ4v) is 3.10. The lowest BCUT2D eigenvalue weighted by molar-refractivity contribution is -0.124. The standard InChI is InChI=1S/C25H26N4O3/c1-4-21(30)8-6-16-29-25(32)23(18(3)28-29)27-26-22-9-5-7-20(24(22)31)15-14-19-12-10-17(2)11-13-19/h4-5,7,9-15,26,31H,1,6,8,16H2,2-3H3/b15-14-,27-23-. The number of phenolic OH excluding ortho intramolecular Hbond substituents is 1. The number of phenols is 1. The average Bonchev–Trinajstić information content (AvgIpc) is 3.05. The predicted molar refractivity (Wildman–Crippen MR) is 129 cm³/mol. The highest BCUT2D eigenvalue weighted by molar-refractivity contribution is 6.68. The van der Waals surface area contributed by atoms with Crippen LogP contribution < -0.4 is 5.43 Å². The van der Waals surface area contributed by atoms with E-state index in [1.54, 1.807) is 25.1 Å². The molecule has 0 aliphatic carbocycles. The zero-order valence-corrected chi connectivity index (χ0v) is 18.2. The van der Waals surface area contributed by atoms with Gasteiger partial charge in [-0.25, -0.2) is 5.01 Å². The number of hydrazone groups is 2. The maximum absolute atomic E-state index is 12.6. The third-order valence-corrected chi connectivity index (χ3v) is 4.96. The second kappa shape index (κ2) is 10.3. The molecule has 164 valence electrons. The molecule has 7 heteroatoms. The molecule has 0 atom stereocenters. The molecule has 0 fully saturated rings. The maximum Gasteiger partial charge on any atom is 0.296 e. The van der Waals surface area contributed by atoms with Gasteiger partial charge in [-0.15, -0.1) is 0 Å². The lowest BCUT2D eigenvalue weighted by atomic mass is 10.1. The molecule has 2 aromatic rings. The van der Waals surface area contributed by atoms with Gasteiger partial charge in [0.05, 0.1) is 11.4 Å². The van der Waals surface area contributed by atoms with Gasteiger partial charge in [-0.05, 0) is 38.0 Å². The molecule has 1 aliphatic heterocycles. The van der Waals surface area contributed by atoms with Crippen molar-refractivity contribution in [2.24, 2.45) is 10.2 Å².